The number of aliphatic hydroxyl groups excluding tert-OH is 1. The molecular weight excluding hydrogens is 768 g/mol. The Balaban J connectivity index is 3.89. The number of rotatable bonds is 51. The summed E-state index contributed by atoms with van der Waals surface area (Å²) >= 11 is 0. The predicted molar refractivity (Wildman–Crippen MR) is 259 cm³/mol. The minimum Gasteiger partial charge on any atom is -0.391 e. The number of hydrogen-bond donors (Lipinski definition) is 4. The van der Waals surface area contributed by atoms with Gasteiger partial charge in [0.15, 0.2) is 0 Å². The first-order valence-corrected chi connectivity index (χ1v) is 28.1. The van der Waals surface area contributed by atoms with Crippen LogP contribution in [0, 0.1) is 0 Å². The first-order valence-electron chi connectivity index (χ1n) is 26.7. The van der Waals surface area contributed by atoms with Crippen molar-refractivity contribution in [1.29, 1.82) is 0 Å². The van der Waals surface area contributed by atoms with Crippen molar-refractivity contribution in [3.8, 4) is 0 Å². The van der Waals surface area contributed by atoms with Gasteiger partial charge in [0.1, 0.15) is 0 Å². The maximum atomic E-state index is 12.8. The van der Waals surface area contributed by atoms with Crippen LogP contribution in [0.2, 0.25) is 0 Å². The molecule has 1 unspecified atom stereocenters. The van der Waals surface area contributed by atoms with Crippen molar-refractivity contribution in [3.63, 3.8) is 0 Å². The van der Waals surface area contributed by atoms with Crippen LogP contribution in [-0.4, -0.2) is 47.8 Å². The molecule has 0 aliphatic heterocycles. The molecule has 0 spiro atoms. The van der Waals surface area contributed by atoms with Crippen LogP contribution < -0.4 is 11.1 Å². The lowest BCUT2D eigenvalue weighted by atomic mass is 10.0. The Kier molecular flexibility index (Phi) is 47.6. The van der Waals surface area contributed by atoms with Gasteiger partial charge in [-0.2, -0.15) is 0 Å². The number of phosphoric ester groups is 1. The smallest absolute Gasteiger partial charge is 0.391 e. The molecule has 0 fully saturated rings. The summed E-state index contributed by atoms with van der Waals surface area (Å²) in [5, 5.41) is 13.9. The van der Waals surface area contributed by atoms with Crippen LogP contribution >= 0.6 is 7.82 Å². The molecule has 0 aromatic rings. The average Bonchev–Trinajstić information content (AvgIpc) is 3.24. The zero-order chi connectivity index (χ0) is 43.9. The van der Waals surface area contributed by atoms with Gasteiger partial charge in [0.05, 0.1) is 25.4 Å². The third-order valence-corrected chi connectivity index (χ3v) is 13.4. The van der Waals surface area contributed by atoms with Crippen LogP contribution in [0.25, 0.3) is 0 Å². The van der Waals surface area contributed by atoms with Crippen LogP contribution in [0.3, 0.4) is 0 Å². The van der Waals surface area contributed by atoms with Gasteiger partial charge in [-0.25, -0.2) is 4.57 Å². The van der Waals surface area contributed by atoms with Crippen molar-refractivity contribution in [2.75, 3.05) is 19.8 Å². The summed E-state index contributed by atoms with van der Waals surface area (Å²) in [4.78, 5) is 22.8. The van der Waals surface area contributed by atoms with Gasteiger partial charge in [-0.3, -0.25) is 13.8 Å². The molecule has 0 radical (unpaired) electrons. The molecule has 0 aromatic heterocycles. The van der Waals surface area contributed by atoms with Gasteiger partial charge in [0.2, 0.25) is 5.91 Å². The van der Waals surface area contributed by atoms with Gasteiger partial charge in [0.25, 0.3) is 0 Å². The lowest BCUT2D eigenvalue weighted by Crippen LogP contribution is -2.46. The minimum atomic E-state index is -4.31. The third kappa shape index (κ3) is 45.5. The number of phosphoric acid groups is 1. The fourth-order valence-corrected chi connectivity index (χ4v) is 9.19. The van der Waals surface area contributed by atoms with Crippen LogP contribution in [0.5, 0.6) is 0 Å². The maximum absolute atomic E-state index is 12.8. The fourth-order valence-electron chi connectivity index (χ4n) is 8.44. The summed E-state index contributed by atoms with van der Waals surface area (Å²) in [6.07, 6.45) is 54.3. The molecule has 360 valence electrons. The topological polar surface area (TPSA) is 131 Å². The average molecular weight is 873 g/mol. The second kappa shape index (κ2) is 48.0. The summed E-state index contributed by atoms with van der Waals surface area (Å²) in [5.74, 6) is -0.154. The highest BCUT2D eigenvalue weighted by Gasteiger charge is 2.27. The fraction of sp³-hybridized carbons (Fsp3) is 0.980. The number of unbranched alkanes of at least 4 members (excludes halogenated alkanes) is 39. The van der Waals surface area contributed by atoms with E-state index in [0.29, 0.717) is 12.8 Å². The number of nitrogens with two attached hydrogens (primary N) is 1. The highest BCUT2D eigenvalue weighted by atomic mass is 31.2. The summed E-state index contributed by atoms with van der Waals surface area (Å²) in [6.45, 7) is 4.26. The van der Waals surface area contributed by atoms with Gasteiger partial charge in [-0.15, -0.1) is 0 Å². The summed E-state index contributed by atoms with van der Waals surface area (Å²) < 4.78 is 22.3. The van der Waals surface area contributed by atoms with E-state index in [4.69, 9.17) is 14.8 Å². The van der Waals surface area contributed by atoms with Crippen LogP contribution in [0.1, 0.15) is 290 Å². The summed E-state index contributed by atoms with van der Waals surface area (Å²) in [7, 11) is -4.31. The molecule has 0 aromatic carbocycles. The predicted octanol–water partition coefficient (Wildman–Crippen LogP) is 15.7. The van der Waals surface area contributed by atoms with Gasteiger partial charge in [0, 0.05) is 13.0 Å². The molecule has 5 N–H and O–H groups in total. The van der Waals surface area contributed by atoms with E-state index in [1.54, 1.807) is 0 Å². The largest absolute Gasteiger partial charge is 0.472 e. The molecule has 9 heteroatoms. The molecule has 0 saturated heterocycles. The first kappa shape index (κ1) is 59.5. The number of hydrogen-bond acceptors (Lipinski definition) is 6. The number of aliphatic hydroxyl groups is 1. The molecule has 0 saturated carbocycles. The number of carbonyl (C=O) groups excluding carboxylic acids is 1. The van der Waals surface area contributed by atoms with Crippen LogP contribution in [0.15, 0.2) is 0 Å². The Morgan fingerprint density at radius 3 is 1.07 bits per heavy atom. The molecule has 0 aliphatic rings. The molecule has 0 heterocycles. The van der Waals surface area contributed by atoms with Crippen molar-refractivity contribution < 1.29 is 28.4 Å². The Labute approximate surface area is 373 Å². The first-order chi connectivity index (χ1) is 29.4. The van der Waals surface area contributed by atoms with Crippen molar-refractivity contribution in [2.45, 2.75) is 302 Å². The zero-order valence-corrected chi connectivity index (χ0v) is 41.1. The minimum absolute atomic E-state index is 0.0927. The van der Waals surface area contributed by atoms with E-state index in [9.17, 15) is 19.4 Å². The SMILES string of the molecule is CCCCCCCCCCCCCCCCCCCCCCCCCCCCCC(=O)N[C@@H](COP(=O)(O)OCCN)[C@H](O)CCCCCCCCCCCCCCCC. The van der Waals surface area contributed by atoms with E-state index in [0.717, 1.165) is 38.5 Å². The van der Waals surface area contributed by atoms with Crippen molar-refractivity contribution in [3.05, 3.63) is 0 Å². The van der Waals surface area contributed by atoms with Crippen molar-refractivity contribution >= 4 is 13.7 Å². The highest BCUT2D eigenvalue weighted by Crippen LogP contribution is 2.43. The molecule has 0 rings (SSSR count). The van der Waals surface area contributed by atoms with E-state index in [-0.39, 0.29) is 25.7 Å². The second-order valence-electron chi connectivity index (χ2n) is 18.5. The number of carbonyl (C=O) groups is 1. The normalized spacial score (nSPS) is 13.8. The number of amides is 1. The van der Waals surface area contributed by atoms with Gasteiger partial charge < -0.3 is 21.1 Å². The molecule has 3 atom stereocenters. The van der Waals surface area contributed by atoms with E-state index in [1.165, 1.54) is 225 Å². The van der Waals surface area contributed by atoms with E-state index in [1.807, 2.05) is 0 Å². The second-order valence-corrected chi connectivity index (χ2v) is 19.9. The van der Waals surface area contributed by atoms with Crippen LogP contribution in [0.4, 0.5) is 0 Å². The molecule has 0 aliphatic carbocycles. The zero-order valence-electron chi connectivity index (χ0n) is 40.2. The van der Waals surface area contributed by atoms with Crippen LogP contribution in [-0.2, 0) is 18.4 Å². The highest BCUT2D eigenvalue weighted by molar-refractivity contribution is 7.47. The Morgan fingerprint density at radius 1 is 0.483 bits per heavy atom. The Morgan fingerprint density at radius 2 is 0.767 bits per heavy atom. The summed E-state index contributed by atoms with van der Waals surface area (Å²) in [5.41, 5.74) is 5.40. The molecule has 8 nitrogen and oxygen atoms in total. The molecule has 60 heavy (non-hydrogen) atoms. The molecule has 0 bridgehead atoms. The maximum Gasteiger partial charge on any atom is 0.472 e. The third-order valence-electron chi connectivity index (χ3n) is 12.5. The molecule has 1 amide bonds. The Hall–Kier alpha value is -0.500. The number of nitrogens with one attached hydrogen (secondary N) is 1. The van der Waals surface area contributed by atoms with E-state index >= 15 is 0 Å². The van der Waals surface area contributed by atoms with E-state index in [2.05, 4.69) is 19.2 Å². The van der Waals surface area contributed by atoms with Gasteiger partial charge in [-0.1, -0.05) is 271 Å². The van der Waals surface area contributed by atoms with Crippen molar-refractivity contribution in [1.82, 2.24) is 5.32 Å². The quantitative estimate of drug-likeness (QED) is 0.0354. The van der Waals surface area contributed by atoms with Gasteiger partial charge >= 0.3 is 7.82 Å². The lowest BCUT2D eigenvalue weighted by Gasteiger charge is -2.25. The lowest BCUT2D eigenvalue weighted by molar-refractivity contribution is -0.123. The molecular formula is C51H105N2O6P. The standard InChI is InChI=1S/C51H105N2O6P/c1-3-5-7-9-11-13-15-17-19-20-21-22-23-24-25-26-27-28-29-30-31-33-35-37-39-41-43-45-51(55)53-49(48-59-60(56,57)58-47-46-52)50(54)44-42-40-38-36-34-32-18-16-14-12-10-8-6-4-2/h49-50,54H,3-48,52H2,1-2H3,(H,53,55)(H,56,57)/t49-,50+/m0/s1. The van der Waals surface area contributed by atoms with Gasteiger partial charge in [-0.05, 0) is 12.8 Å². The monoisotopic (exact) mass is 873 g/mol. The van der Waals surface area contributed by atoms with Crippen molar-refractivity contribution in [2.24, 2.45) is 5.73 Å². The van der Waals surface area contributed by atoms with E-state index < -0.39 is 20.0 Å². The summed E-state index contributed by atoms with van der Waals surface area (Å²) in [6, 6.07) is -0.768. The Bertz CT molecular complexity index is 911.